The molecule has 170 valence electrons. The maximum absolute atomic E-state index is 12.3. The number of rotatable bonds is 7. The van der Waals surface area contributed by atoms with Crippen molar-refractivity contribution >= 4 is 35.1 Å². The van der Waals surface area contributed by atoms with Crippen LogP contribution in [0.5, 0.6) is 11.5 Å². The predicted octanol–water partition coefficient (Wildman–Crippen LogP) is 4.47. The highest BCUT2D eigenvalue weighted by Crippen LogP contribution is 2.34. The summed E-state index contributed by atoms with van der Waals surface area (Å²) in [4.78, 5) is 42.1. The first kappa shape index (κ1) is 22.4. The van der Waals surface area contributed by atoms with Crippen LogP contribution in [0.1, 0.15) is 11.1 Å². The Morgan fingerprint density at radius 3 is 2.36 bits per heavy atom. The Labute approximate surface area is 193 Å². The fraction of sp³-hybridized carbons (Fsp3) is 0.174. The number of hydrogen-bond acceptors (Lipinski definition) is 8. The summed E-state index contributed by atoms with van der Waals surface area (Å²) in [5, 5.41) is 8.05. The molecule has 0 saturated carbocycles. The minimum Gasteiger partial charge on any atom is -0.457 e. The van der Waals surface area contributed by atoms with Crippen LogP contribution in [0.3, 0.4) is 0 Å². The molecule has 2 fully saturated rings. The van der Waals surface area contributed by atoms with Gasteiger partial charge in [-0.25, -0.2) is 15.0 Å². The normalized spacial score (nSPS) is 19.3. The second-order valence-corrected chi connectivity index (χ2v) is 8.36. The van der Waals surface area contributed by atoms with Gasteiger partial charge in [0.1, 0.15) is 18.1 Å². The van der Waals surface area contributed by atoms with Crippen LogP contribution in [-0.2, 0) is 20.8 Å². The van der Waals surface area contributed by atoms with Crippen LogP contribution in [0.4, 0.5) is 9.59 Å². The van der Waals surface area contributed by atoms with E-state index in [4.69, 9.17) is 14.7 Å². The number of amides is 3. The molecule has 33 heavy (non-hydrogen) atoms. The molecule has 0 bridgehead atoms. The Balaban J connectivity index is 1.37. The summed E-state index contributed by atoms with van der Waals surface area (Å²) in [5.74, 6) is 0.184. The van der Waals surface area contributed by atoms with Gasteiger partial charge in [0.25, 0.3) is 5.91 Å². The summed E-state index contributed by atoms with van der Waals surface area (Å²) < 4.78 is 10.9. The number of imide groups is 1. The molecule has 2 heterocycles. The Bertz CT molecular complexity index is 1130. The van der Waals surface area contributed by atoms with E-state index in [0.29, 0.717) is 35.0 Å². The second-order valence-electron chi connectivity index (χ2n) is 7.36. The van der Waals surface area contributed by atoms with E-state index >= 15 is 0 Å². The number of cyclic esters (lactones) is 1. The van der Waals surface area contributed by atoms with E-state index in [1.54, 1.807) is 42.3 Å². The molecule has 10 heteroatoms. The van der Waals surface area contributed by atoms with Gasteiger partial charge in [-0.05, 0) is 66.2 Å². The van der Waals surface area contributed by atoms with Crippen LogP contribution in [0.15, 0.2) is 65.9 Å². The maximum atomic E-state index is 12.3. The van der Waals surface area contributed by atoms with E-state index < -0.39 is 17.0 Å². The molecule has 0 aliphatic carbocycles. The fourth-order valence-corrected chi connectivity index (χ4v) is 4.17. The Hall–Kier alpha value is -3.76. The quantitative estimate of drug-likeness (QED) is 0.275. The molecule has 4 rings (SSSR count). The molecule has 0 aromatic heterocycles. The van der Waals surface area contributed by atoms with Crippen molar-refractivity contribution in [1.29, 1.82) is 0 Å². The largest absolute Gasteiger partial charge is 0.457 e. The van der Waals surface area contributed by atoms with Crippen LogP contribution >= 0.6 is 11.8 Å². The number of benzene rings is 2. The van der Waals surface area contributed by atoms with Crippen molar-refractivity contribution in [3.05, 3.63) is 77.0 Å². The van der Waals surface area contributed by atoms with Crippen molar-refractivity contribution in [3.8, 4) is 11.5 Å². The van der Waals surface area contributed by atoms with E-state index in [9.17, 15) is 14.4 Å². The Kier molecular flexibility index (Phi) is 6.38. The van der Waals surface area contributed by atoms with Crippen molar-refractivity contribution in [2.75, 3.05) is 13.7 Å². The van der Waals surface area contributed by atoms with Crippen molar-refractivity contribution in [1.82, 2.24) is 9.80 Å². The molecular weight excluding hydrogens is 448 g/mol. The molecule has 3 amide bonds. The molecule has 0 radical (unpaired) electrons. The summed E-state index contributed by atoms with van der Waals surface area (Å²) in [7, 11) is 1.73. The number of likely N-dealkylation sites (N-methyl/N-ethyl adjacent to an activating group) is 1. The lowest BCUT2D eigenvalue weighted by Gasteiger charge is -2.16. The van der Waals surface area contributed by atoms with E-state index in [1.807, 2.05) is 24.3 Å². The first-order valence-corrected chi connectivity index (χ1v) is 10.7. The first-order valence-electron chi connectivity index (χ1n) is 9.90. The standard InChI is InChI=1S/C23H20N2O7S/c1-14(32-29)25-21(26)20(33-23(25)28)12-16-5-9-19(10-6-16)31-18-7-3-15(4-8-18)11-17-13-30-22(27)24(17)2/h3-10,12,17,29H,1,11,13H2,2H3. The van der Waals surface area contributed by atoms with Gasteiger partial charge in [0.15, 0.2) is 0 Å². The van der Waals surface area contributed by atoms with Gasteiger partial charge < -0.3 is 19.3 Å². The van der Waals surface area contributed by atoms with Crippen LogP contribution in [-0.4, -0.2) is 52.0 Å². The molecule has 1 unspecified atom stereocenters. The van der Waals surface area contributed by atoms with Gasteiger partial charge >= 0.3 is 11.3 Å². The number of nitrogens with zero attached hydrogens (tertiary/aromatic N) is 2. The number of carbonyl (C=O) groups is 3. The van der Waals surface area contributed by atoms with Crippen molar-refractivity contribution in [2.24, 2.45) is 0 Å². The lowest BCUT2D eigenvalue weighted by molar-refractivity contribution is -0.218. The monoisotopic (exact) mass is 468 g/mol. The number of hydrogen-bond donors (Lipinski definition) is 1. The summed E-state index contributed by atoms with van der Waals surface area (Å²) in [5.41, 5.74) is 1.76. The molecular formula is C23H20N2O7S. The third-order valence-corrected chi connectivity index (χ3v) is 6.06. The zero-order chi connectivity index (χ0) is 23.5. The van der Waals surface area contributed by atoms with Crippen molar-refractivity contribution in [3.63, 3.8) is 0 Å². The third kappa shape index (κ3) is 4.86. The zero-order valence-corrected chi connectivity index (χ0v) is 18.4. The SMILES string of the molecule is C=C(OO)N1C(=O)SC(=Cc2ccc(Oc3ccc(CC4COC(=O)N4C)cc3)cc2)C1=O. The van der Waals surface area contributed by atoms with Gasteiger partial charge in [-0.2, -0.15) is 0 Å². The molecule has 2 saturated heterocycles. The van der Waals surface area contributed by atoms with Crippen LogP contribution in [0.2, 0.25) is 0 Å². The second kappa shape index (κ2) is 9.39. The van der Waals surface area contributed by atoms with Gasteiger partial charge in [0.05, 0.1) is 10.9 Å². The Morgan fingerprint density at radius 1 is 1.15 bits per heavy atom. The molecule has 0 spiro atoms. The van der Waals surface area contributed by atoms with E-state index in [0.717, 1.165) is 17.3 Å². The van der Waals surface area contributed by atoms with Gasteiger partial charge in [0.2, 0.25) is 5.88 Å². The minimum atomic E-state index is -0.621. The van der Waals surface area contributed by atoms with Crippen molar-refractivity contribution in [2.45, 2.75) is 12.5 Å². The first-order chi connectivity index (χ1) is 15.9. The van der Waals surface area contributed by atoms with Crippen LogP contribution in [0, 0.1) is 0 Å². The number of carbonyl (C=O) groups excluding carboxylic acids is 3. The maximum Gasteiger partial charge on any atom is 0.409 e. The van der Waals surface area contributed by atoms with Crippen molar-refractivity contribution < 1.29 is 34.0 Å². The summed E-state index contributed by atoms with van der Waals surface area (Å²) >= 11 is 0.726. The Morgan fingerprint density at radius 2 is 1.79 bits per heavy atom. The van der Waals surface area contributed by atoms with E-state index in [2.05, 4.69) is 11.5 Å². The van der Waals surface area contributed by atoms with E-state index in [-0.39, 0.29) is 17.0 Å². The fourth-order valence-electron chi connectivity index (χ4n) is 3.33. The van der Waals surface area contributed by atoms with Gasteiger partial charge in [0, 0.05) is 7.05 Å². The van der Waals surface area contributed by atoms with E-state index in [1.165, 1.54) is 0 Å². The highest BCUT2D eigenvalue weighted by molar-refractivity contribution is 8.18. The molecule has 2 aliphatic rings. The van der Waals surface area contributed by atoms with Gasteiger partial charge in [-0.15, -0.1) is 0 Å². The zero-order valence-electron chi connectivity index (χ0n) is 17.6. The topological polar surface area (TPSA) is 106 Å². The molecule has 2 aliphatic heterocycles. The minimum absolute atomic E-state index is 0.0208. The summed E-state index contributed by atoms with van der Waals surface area (Å²) in [6.45, 7) is 3.71. The average molecular weight is 468 g/mol. The number of thioether (sulfide) groups is 1. The third-order valence-electron chi connectivity index (χ3n) is 5.19. The summed E-state index contributed by atoms with van der Waals surface area (Å²) in [6.07, 6.45) is 1.95. The summed E-state index contributed by atoms with van der Waals surface area (Å²) in [6, 6.07) is 14.6. The van der Waals surface area contributed by atoms with Crippen LogP contribution < -0.4 is 4.74 Å². The highest BCUT2D eigenvalue weighted by atomic mass is 32.2. The molecule has 1 N–H and O–H groups in total. The smallest absolute Gasteiger partial charge is 0.409 e. The lowest BCUT2D eigenvalue weighted by atomic mass is 10.1. The predicted molar refractivity (Wildman–Crippen MR) is 120 cm³/mol. The highest BCUT2D eigenvalue weighted by Gasteiger charge is 2.38. The lowest BCUT2D eigenvalue weighted by Crippen LogP contribution is -2.30. The molecule has 2 aromatic rings. The van der Waals surface area contributed by atoms with Crippen LogP contribution in [0.25, 0.3) is 6.08 Å². The van der Waals surface area contributed by atoms with Gasteiger partial charge in [-0.1, -0.05) is 24.3 Å². The average Bonchev–Trinajstić information content (AvgIpc) is 3.28. The molecule has 9 nitrogen and oxygen atoms in total. The molecule has 2 aromatic carbocycles. The molecule has 1 atom stereocenters. The van der Waals surface area contributed by atoms with Gasteiger partial charge in [-0.3, -0.25) is 9.59 Å². The number of ether oxygens (including phenoxy) is 2.